The molecule has 0 spiro atoms. The highest BCUT2D eigenvalue weighted by atomic mass is 19.1. The fourth-order valence-electron chi connectivity index (χ4n) is 1.79. The second-order valence-corrected chi connectivity index (χ2v) is 4.29. The predicted octanol–water partition coefficient (Wildman–Crippen LogP) is 0.246. The van der Waals surface area contributed by atoms with Gasteiger partial charge in [-0.3, -0.25) is 4.79 Å². The molecule has 0 aromatic heterocycles. The number of nitrogens with one attached hydrogen (secondary N) is 1. The number of alkyl halides is 1. The van der Waals surface area contributed by atoms with Crippen molar-refractivity contribution < 1.29 is 13.9 Å². The summed E-state index contributed by atoms with van der Waals surface area (Å²) in [5.74, 6) is -0.398. The molecule has 2 unspecified atom stereocenters. The maximum absolute atomic E-state index is 12.6. The van der Waals surface area contributed by atoms with Gasteiger partial charge in [0, 0.05) is 13.7 Å². The normalized spacial score (nSPS) is 14.1. The van der Waals surface area contributed by atoms with Crippen molar-refractivity contribution in [2.45, 2.75) is 18.7 Å². The Balaban J connectivity index is 2.61. The summed E-state index contributed by atoms with van der Waals surface area (Å²) in [6.45, 7) is 0.0334. The molecular formula is C13H20FN3O2. The molecule has 0 saturated heterocycles. The van der Waals surface area contributed by atoms with E-state index >= 15 is 0 Å². The highest BCUT2D eigenvalue weighted by molar-refractivity contribution is 5.75. The van der Waals surface area contributed by atoms with E-state index in [0.717, 1.165) is 11.1 Å². The van der Waals surface area contributed by atoms with Crippen LogP contribution in [0.15, 0.2) is 24.3 Å². The molecule has 5 nitrogen and oxygen atoms in total. The average molecular weight is 269 g/mol. The van der Waals surface area contributed by atoms with E-state index < -0.39 is 24.7 Å². The van der Waals surface area contributed by atoms with E-state index in [1.54, 1.807) is 0 Å². The molecule has 0 aliphatic rings. The molecule has 5 N–H and O–H groups in total. The Morgan fingerprint density at radius 3 is 2.53 bits per heavy atom. The molecule has 0 radical (unpaired) electrons. The fraction of sp³-hybridized carbons (Fsp3) is 0.462. The third-order valence-electron chi connectivity index (χ3n) is 2.76. The van der Waals surface area contributed by atoms with Gasteiger partial charge in [-0.05, 0) is 11.1 Å². The number of rotatable bonds is 8. The van der Waals surface area contributed by atoms with Gasteiger partial charge in [0.1, 0.15) is 6.67 Å². The molecule has 6 heteroatoms. The van der Waals surface area contributed by atoms with Gasteiger partial charge >= 0.3 is 0 Å². The first-order chi connectivity index (χ1) is 9.08. The summed E-state index contributed by atoms with van der Waals surface area (Å²) in [5.41, 5.74) is 12.5. The number of carbonyl (C=O) groups excluding carboxylic acids is 1. The fourth-order valence-corrected chi connectivity index (χ4v) is 1.79. The second-order valence-electron chi connectivity index (χ2n) is 4.29. The van der Waals surface area contributed by atoms with E-state index in [1.165, 1.54) is 7.11 Å². The van der Waals surface area contributed by atoms with Gasteiger partial charge in [-0.2, -0.15) is 0 Å². The lowest BCUT2D eigenvalue weighted by atomic mass is 10.0. The standard InChI is InChI=1S/C13H20FN3O2/c1-19-13(11(15)6-14)10-4-2-9(3-5-10)7-17-8-12(16)18/h2-5,11,13,17H,6-8,15H2,1H3,(H2,16,18). The first kappa shape index (κ1) is 15.6. The molecule has 0 aliphatic heterocycles. The number of halogens is 1. The maximum atomic E-state index is 12.6. The lowest BCUT2D eigenvalue weighted by Gasteiger charge is -2.20. The van der Waals surface area contributed by atoms with Crippen molar-refractivity contribution >= 4 is 5.91 Å². The van der Waals surface area contributed by atoms with Crippen LogP contribution in [0.3, 0.4) is 0 Å². The molecule has 0 heterocycles. The molecule has 106 valence electrons. The Bertz CT molecular complexity index is 397. The number of methoxy groups -OCH3 is 1. The van der Waals surface area contributed by atoms with Crippen molar-refractivity contribution in [3.63, 3.8) is 0 Å². The second kappa shape index (κ2) is 7.83. The minimum absolute atomic E-state index is 0.134. The van der Waals surface area contributed by atoms with Gasteiger partial charge in [-0.1, -0.05) is 24.3 Å². The average Bonchev–Trinajstić information content (AvgIpc) is 2.40. The number of carbonyl (C=O) groups is 1. The van der Waals surface area contributed by atoms with Crippen molar-refractivity contribution in [3.05, 3.63) is 35.4 Å². The van der Waals surface area contributed by atoms with Crippen LogP contribution in [-0.2, 0) is 16.1 Å². The highest BCUT2D eigenvalue weighted by Crippen LogP contribution is 2.20. The monoisotopic (exact) mass is 269 g/mol. The van der Waals surface area contributed by atoms with Crippen molar-refractivity contribution in [2.24, 2.45) is 11.5 Å². The smallest absolute Gasteiger partial charge is 0.231 e. The summed E-state index contributed by atoms with van der Waals surface area (Å²) in [4.78, 5) is 10.6. The first-order valence-corrected chi connectivity index (χ1v) is 6.00. The van der Waals surface area contributed by atoms with Crippen LogP contribution in [0.1, 0.15) is 17.2 Å². The quantitative estimate of drug-likeness (QED) is 0.631. The third-order valence-corrected chi connectivity index (χ3v) is 2.76. The molecule has 0 fully saturated rings. The van der Waals surface area contributed by atoms with Crippen LogP contribution in [0, 0.1) is 0 Å². The summed E-state index contributed by atoms with van der Waals surface area (Å²) in [7, 11) is 1.50. The number of hydrogen-bond acceptors (Lipinski definition) is 4. The van der Waals surface area contributed by atoms with E-state index in [4.69, 9.17) is 16.2 Å². The predicted molar refractivity (Wildman–Crippen MR) is 71.0 cm³/mol. The topological polar surface area (TPSA) is 90.4 Å². The summed E-state index contributed by atoms with van der Waals surface area (Å²) in [6.07, 6.45) is -0.461. The van der Waals surface area contributed by atoms with Crippen LogP contribution >= 0.6 is 0 Å². The number of amides is 1. The molecule has 1 aromatic rings. The van der Waals surface area contributed by atoms with Gasteiger partial charge in [0.2, 0.25) is 5.91 Å². The van der Waals surface area contributed by atoms with E-state index in [0.29, 0.717) is 6.54 Å². The lowest BCUT2D eigenvalue weighted by molar-refractivity contribution is -0.117. The maximum Gasteiger partial charge on any atom is 0.231 e. The zero-order chi connectivity index (χ0) is 14.3. The summed E-state index contributed by atoms with van der Waals surface area (Å²) < 4.78 is 17.8. The molecule has 1 rings (SSSR count). The highest BCUT2D eigenvalue weighted by Gasteiger charge is 2.18. The van der Waals surface area contributed by atoms with E-state index in [-0.39, 0.29) is 6.54 Å². The minimum Gasteiger partial charge on any atom is -0.375 e. The SMILES string of the molecule is COC(c1ccc(CNCC(N)=O)cc1)C(N)CF. The van der Waals surface area contributed by atoms with E-state index in [1.807, 2.05) is 24.3 Å². The van der Waals surface area contributed by atoms with Gasteiger partial charge in [-0.25, -0.2) is 4.39 Å². The zero-order valence-corrected chi connectivity index (χ0v) is 10.9. The molecule has 1 amide bonds. The molecular weight excluding hydrogens is 249 g/mol. The van der Waals surface area contributed by atoms with Crippen LogP contribution in [0.2, 0.25) is 0 Å². The van der Waals surface area contributed by atoms with Gasteiger partial charge in [0.15, 0.2) is 0 Å². The summed E-state index contributed by atoms with van der Waals surface area (Å²) >= 11 is 0. The summed E-state index contributed by atoms with van der Waals surface area (Å²) in [6, 6.07) is 6.75. The Morgan fingerprint density at radius 1 is 1.42 bits per heavy atom. The Hall–Kier alpha value is -1.50. The Labute approximate surface area is 112 Å². The van der Waals surface area contributed by atoms with Gasteiger partial charge in [0.25, 0.3) is 0 Å². The molecule has 19 heavy (non-hydrogen) atoms. The molecule has 0 saturated carbocycles. The van der Waals surface area contributed by atoms with E-state index in [9.17, 15) is 9.18 Å². The van der Waals surface area contributed by atoms with Crippen molar-refractivity contribution in [1.82, 2.24) is 5.32 Å². The van der Waals surface area contributed by atoms with Crippen LogP contribution in [-0.4, -0.2) is 32.3 Å². The van der Waals surface area contributed by atoms with Crippen LogP contribution < -0.4 is 16.8 Å². The lowest BCUT2D eigenvalue weighted by Crippen LogP contribution is -2.31. The zero-order valence-electron chi connectivity index (χ0n) is 10.9. The molecule has 0 aliphatic carbocycles. The number of primary amides is 1. The van der Waals surface area contributed by atoms with Gasteiger partial charge < -0.3 is 21.5 Å². The number of hydrogen-bond donors (Lipinski definition) is 3. The van der Waals surface area contributed by atoms with Crippen molar-refractivity contribution in [2.75, 3.05) is 20.3 Å². The number of ether oxygens (including phenoxy) is 1. The van der Waals surface area contributed by atoms with Gasteiger partial charge in [-0.15, -0.1) is 0 Å². The number of benzene rings is 1. The van der Waals surface area contributed by atoms with Crippen LogP contribution in [0.5, 0.6) is 0 Å². The summed E-state index contributed by atoms with van der Waals surface area (Å²) in [5, 5.41) is 2.91. The minimum atomic E-state index is -0.677. The largest absolute Gasteiger partial charge is 0.375 e. The molecule has 2 atom stereocenters. The van der Waals surface area contributed by atoms with Crippen LogP contribution in [0.4, 0.5) is 4.39 Å². The first-order valence-electron chi connectivity index (χ1n) is 6.00. The van der Waals surface area contributed by atoms with Crippen LogP contribution in [0.25, 0.3) is 0 Å². The molecule has 1 aromatic carbocycles. The molecule has 0 bridgehead atoms. The van der Waals surface area contributed by atoms with Crippen molar-refractivity contribution in [1.29, 1.82) is 0 Å². The van der Waals surface area contributed by atoms with Crippen molar-refractivity contribution in [3.8, 4) is 0 Å². The Kier molecular flexibility index (Phi) is 6.41. The Morgan fingerprint density at radius 2 is 2.05 bits per heavy atom. The third kappa shape index (κ3) is 4.94. The van der Waals surface area contributed by atoms with Gasteiger partial charge in [0.05, 0.1) is 18.7 Å². The van der Waals surface area contributed by atoms with E-state index in [2.05, 4.69) is 5.32 Å². The number of nitrogens with two attached hydrogens (primary N) is 2.